The number of sulfonamides is 1. The van der Waals surface area contributed by atoms with Gasteiger partial charge in [-0.15, -0.1) is 0 Å². The minimum Gasteiger partial charge on any atom is -0.340 e. The zero-order valence-corrected chi connectivity index (χ0v) is 17.8. The molecule has 0 atom stereocenters. The number of thiophene rings is 1. The van der Waals surface area contributed by atoms with Crippen molar-refractivity contribution in [3.63, 3.8) is 0 Å². The number of aryl methyl sites for hydroxylation is 1. The van der Waals surface area contributed by atoms with Gasteiger partial charge < -0.3 is 9.42 Å². The van der Waals surface area contributed by atoms with Gasteiger partial charge in [-0.2, -0.15) is 20.6 Å². The Balaban J connectivity index is 1.31. The molecule has 31 heavy (non-hydrogen) atoms. The summed E-state index contributed by atoms with van der Waals surface area (Å²) in [5, 5.41) is 7.69. The maximum atomic E-state index is 13.9. The topological polar surface area (TPSA) is 96.6 Å². The van der Waals surface area contributed by atoms with Gasteiger partial charge >= 0.3 is 0 Å². The zero-order chi connectivity index (χ0) is 22.0. The molecule has 1 saturated heterocycles. The van der Waals surface area contributed by atoms with Gasteiger partial charge in [-0.3, -0.25) is 4.79 Å². The van der Waals surface area contributed by atoms with E-state index in [1.54, 1.807) is 4.90 Å². The van der Waals surface area contributed by atoms with Crippen molar-refractivity contribution >= 4 is 27.3 Å². The van der Waals surface area contributed by atoms with E-state index in [9.17, 15) is 22.0 Å². The minimum atomic E-state index is -4.11. The van der Waals surface area contributed by atoms with E-state index in [2.05, 4.69) is 10.1 Å². The average molecular weight is 469 g/mol. The highest BCUT2D eigenvalue weighted by atomic mass is 32.2. The van der Waals surface area contributed by atoms with Gasteiger partial charge in [0.15, 0.2) is 0 Å². The Bertz CT molecular complexity index is 1170. The van der Waals surface area contributed by atoms with E-state index in [1.807, 2.05) is 16.8 Å². The molecule has 0 N–H and O–H groups in total. The maximum Gasteiger partial charge on any atom is 0.246 e. The number of carbonyl (C=O) groups excluding carboxylic acids is 1. The SMILES string of the molecule is O=C(CCc1nc(-c2ccsc2)no1)N1CCN(S(=O)(=O)c2ccc(F)cc2F)CC1. The Labute approximate surface area is 181 Å². The lowest BCUT2D eigenvalue weighted by molar-refractivity contribution is -0.132. The molecule has 4 rings (SSSR count). The molecule has 8 nitrogen and oxygen atoms in total. The first-order chi connectivity index (χ1) is 14.8. The van der Waals surface area contributed by atoms with Crippen LogP contribution in [0.4, 0.5) is 8.78 Å². The van der Waals surface area contributed by atoms with Crippen molar-refractivity contribution < 1.29 is 26.5 Å². The summed E-state index contributed by atoms with van der Waals surface area (Å²) in [5.74, 6) is -1.34. The minimum absolute atomic E-state index is 0.0216. The van der Waals surface area contributed by atoms with Gasteiger partial charge in [-0.1, -0.05) is 5.16 Å². The van der Waals surface area contributed by atoms with Gasteiger partial charge in [0, 0.05) is 56.0 Å². The van der Waals surface area contributed by atoms with Crippen molar-refractivity contribution in [1.82, 2.24) is 19.3 Å². The standard InChI is InChI=1S/C19H18F2N4O4S2/c20-14-1-2-16(15(21)11-14)31(27,28)25-8-6-24(7-9-25)18(26)4-3-17-22-19(23-29-17)13-5-10-30-12-13/h1-2,5,10-12H,3-4,6-9H2. The molecule has 1 fully saturated rings. The second kappa shape index (κ2) is 8.81. The van der Waals surface area contributed by atoms with E-state index < -0.39 is 26.6 Å². The molecule has 0 unspecified atom stereocenters. The van der Waals surface area contributed by atoms with Crippen LogP contribution in [0.1, 0.15) is 12.3 Å². The quantitative estimate of drug-likeness (QED) is 0.552. The summed E-state index contributed by atoms with van der Waals surface area (Å²) < 4.78 is 58.6. The number of piperazine rings is 1. The molecule has 1 amide bonds. The summed E-state index contributed by atoms with van der Waals surface area (Å²) in [6, 6.07) is 4.22. The van der Waals surface area contributed by atoms with Crippen LogP contribution >= 0.6 is 11.3 Å². The summed E-state index contributed by atoms with van der Waals surface area (Å²) in [7, 11) is -4.11. The predicted molar refractivity (Wildman–Crippen MR) is 108 cm³/mol. The molecule has 3 heterocycles. The molecule has 2 aromatic heterocycles. The van der Waals surface area contributed by atoms with E-state index in [0.29, 0.717) is 17.8 Å². The van der Waals surface area contributed by atoms with Crippen LogP contribution in [-0.4, -0.2) is 59.8 Å². The zero-order valence-electron chi connectivity index (χ0n) is 16.2. The highest BCUT2D eigenvalue weighted by Gasteiger charge is 2.32. The van der Waals surface area contributed by atoms with Crippen molar-refractivity contribution in [2.75, 3.05) is 26.2 Å². The van der Waals surface area contributed by atoms with Crippen LogP contribution in [0.25, 0.3) is 11.4 Å². The van der Waals surface area contributed by atoms with E-state index >= 15 is 0 Å². The van der Waals surface area contributed by atoms with Gasteiger partial charge in [-0.05, 0) is 23.6 Å². The van der Waals surface area contributed by atoms with Gasteiger partial charge in [-0.25, -0.2) is 17.2 Å². The second-order valence-corrected chi connectivity index (χ2v) is 9.57. The normalized spacial score (nSPS) is 15.4. The molecule has 0 bridgehead atoms. The largest absolute Gasteiger partial charge is 0.340 e. The molecule has 3 aromatic rings. The van der Waals surface area contributed by atoms with Gasteiger partial charge in [0.05, 0.1) is 0 Å². The Morgan fingerprint density at radius 3 is 2.61 bits per heavy atom. The van der Waals surface area contributed by atoms with Gasteiger partial charge in [0.2, 0.25) is 27.6 Å². The Morgan fingerprint density at radius 2 is 1.94 bits per heavy atom. The molecule has 164 valence electrons. The first-order valence-corrected chi connectivity index (χ1v) is 11.8. The van der Waals surface area contributed by atoms with Gasteiger partial charge in [0.1, 0.15) is 16.5 Å². The van der Waals surface area contributed by atoms with Crippen molar-refractivity contribution in [1.29, 1.82) is 0 Å². The third-order valence-electron chi connectivity index (χ3n) is 4.90. The molecule has 0 aliphatic carbocycles. The van der Waals surface area contributed by atoms with Crippen molar-refractivity contribution in [3.8, 4) is 11.4 Å². The van der Waals surface area contributed by atoms with Crippen molar-refractivity contribution in [3.05, 3.63) is 52.6 Å². The summed E-state index contributed by atoms with van der Waals surface area (Å²) in [6.07, 6.45) is 0.417. The van der Waals surface area contributed by atoms with E-state index in [1.165, 1.54) is 11.3 Å². The lowest BCUT2D eigenvalue weighted by atomic mass is 10.2. The number of hydrogen-bond acceptors (Lipinski definition) is 7. The van der Waals surface area contributed by atoms with Crippen LogP contribution in [0.2, 0.25) is 0 Å². The molecule has 0 radical (unpaired) electrons. The van der Waals surface area contributed by atoms with Crippen LogP contribution in [0.5, 0.6) is 0 Å². The molecule has 1 aliphatic heterocycles. The molecule has 1 aliphatic rings. The Hall–Kier alpha value is -2.70. The van der Waals surface area contributed by atoms with Crippen molar-refractivity contribution in [2.45, 2.75) is 17.7 Å². The molecule has 0 saturated carbocycles. The lowest BCUT2D eigenvalue weighted by Gasteiger charge is -2.34. The number of hydrogen-bond donors (Lipinski definition) is 0. The smallest absolute Gasteiger partial charge is 0.246 e. The highest BCUT2D eigenvalue weighted by Crippen LogP contribution is 2.22. The molecular formula is C19H18F2N4O4S2. The van der Waals surface area contributed by atoms with E-state index in [-0.39, 0.29) is 44.9 Å². The fraction of sp³-hybridized carbons (Fsp3) is 0.316. The summed E-state index contributed by atoms with van der Waals surface area (Å²) in [5.41, 5.74) is 0.848. The average Bonchev–Trinajstić information content (AvgIpc) is 3.43. The second-order valence-electron chi connectivity index (χ2n) is 6.88. The number of aromatic nitrogens is 2. The monoisotopic (exact) mass is 468 g/mol. The van der Waals surface area contributed by atoms with Crippen LogP contribution in [-0.2, 0) is 21.2 Å². The predicted octanol–water partition coefficient (Wildman–Crippen LogP) is 2.54. The maximum absolute atomic E-state index is 13.9. The van der Waals surface area contributed by atoms with Crippen LogP contribution in [0.3, 0.4) is 0 Å². The van der Waals surface area contributed by atoms with Crippen LogP contribution in [0, 0.1) is 11.6 Å². The van der Waals surface area contributed by atoms with E-state index in [4.69, 9.17) is 4.52 Å². The van der Waals surface area contributed by atoms with Crippen molar-refractivity contribution in [2.24, 2.45) is 0 Å². The van der Waals surface area contributed by atoms with Gasteiger partial charge in [0.25, 0.3) is 0 Å². The summed E-state index contributed by atoms with van der Waals surface area (Å²) in [6.45, 7) is 0.386. The number of amides is 1. The number of rotatable bonds is 6. The summed E-state index contributed by atoms with van der Waals surface area (Å²) in [4.78, 5) is 17.7. The first kappa shape index (κ1) is 21.5. The third-order valence-corrected chi connectivity index (χ3v) is 7.52. The van der Waals surface area contributed by atoms with E-state index in [0.717, 1.165) is 22.0 Å². The molecule has 12 heteroatoms. The molecule has 1 aromatic carbocycles. The fourth-order valence-corrected chi connectivity index (χ4v) is 5.34. The Kier molecular flexibility index (Phi) is 6.12. The lowest BCUT2D eigenvalue weighted by Crippen LogP contribution is -2.50. The number of halogens is 2. The molecule has 0 spiro atoms. The number of carbonyl (C=O) groups is 1. The van der Waals surface area contributed by atoms with Crippen LogP contribution in [0.15, 0.2) is 44.4 Å². The Morgan fingerprint density at radius 1 is 1.16 bits per heavy atom. The summed E-state index contributed by atoms with van der Waals surface area (Å²) >= 11 is 1.52. The first-order valence-electron chi connectivity index (χ1n) is 9.43. The molecular weight excluding hydrogens is 450 g/mol. The van der Waals surface area contributed by atoms with Crippen LogP contribution < -0.4 is 0 Å². The highest BCUT2D eigenvalue weighted by molar-refractivity contribution is 7.89. The fourth-order valence-electron chi connectivity index (χ4n) is 3.24. The third kappa shape index (κ3) is 4.65. The number of benzene rings is 1. The number of nitrogens with zero attached hydrogens (tertiary/aromatic N) is 4.